The first-order chi connectivity index (χ1) is 14.9. The van der Waals surface area contributed by atoms with Crippen molar-refractivity contribution < 1.29 is 24.2 Å². The van der Waals surface area contributed by atoms with E-state index in [9.17, 15) is 14.7 Å². The Kier molecular flexibility index (Phi) is 5.50. The number of esters is 1. The van der Waals surface area contributed by atoms with Gasteiger partial charge in [-0.2, -0.15) is 0 Å². The molecule has 1 aromatic heterocycles. The SMILES string of the molecule is COc1ccnc(C(=O)NC(C)C(=O)OCC2(c3cccc4ccccc34)CC2)c1O. The summed E-state index contributed by atoms with van der Waals surface area (Å²) < 4.78 is 10.6. The largest absolute Gasteiger partial charge is 0.503 e. The summed E-state index contributed by atoms with van der Waals surface area (Å²) in [7, 11) is 1.38. The molecule has 1 aliphatic rings. The molecule has 2 N–H and O–H groups in total. The van der Waals surface area contributed by atoms with Crippen LogP contribution in [-0.4, -0.2) is 41.7 Å². The van der Waals surface area contributed by atoms with E-state index < -0.39 is 17.9 Å². The molecule has 1 saturated carbocycles. The summed E-state index contributed by atoms with van der Waals surface area (Å²) in [5.41, 5.74) is 0.779. The maximum atomic E-state index is 12.5. The van der Waals surface area contributed by atoms with Crippen molar-refractivity contribution in [2.45, 2.75) is 31.2 Å². The van der Waals surface area contributed by atoms with E-state index in [2.05, 4.69) is 34.6 Å². The quantitative estimate of drug-likeness (QED) is 0.569. The first-order valence-electron chi connectivity index (χ1n) is 10.1. The number of carbonyl (C=O) groups excluding carboxylic acids is 2. The Bertz CT molecular complexity index is 1130. The predicted molar refractivity (Wildman–Crippen MR) is 115 cm³/mol. The van der Waals surface area contributed by atoms with Gasteiger partial charge < -0.3 is 19.9 Å². The van der Waals surface area contributed by atoms with Crippen molar-refractivity contribution in [3.8, 4) is 11.5 Å². The number of aromatic nitrogens is 1. The number of fused-ring (bicyclic) bond motifs is 1. The van der Waals surface area contributed by atoms with E-state index >= 15 is 0 Å². The predicted octanol–water partition coefficient (Wildman–Crippen LogP) is 3.34. The molecular weight excluding hydrogens is 396 g/mol. The van der Waals surface area contributed by atoms with Crippen molar-refractivity contribution in [1.29, 1.82) is 0 Å². The minimum atomic E-state index is -0.900. The number of nitrogens with one attached hydrogen (secondary N) is 1. The van der Waals surface area contributed by atoms with Crippen LogP contribution in [0, 0.1) is 0 Å². The van der Waals surface area contributed by atoms with E-state index in [1.807, 2.05) is 18.2 Å². The van der Waals surface area contributed by atoms with Crippen molar-refractivity contribution in [3.63, 3.8) is 0 Å². The first-order valence-corrected chi connectivity index (χ1v) is 10.1. The van der Waals surface area contributed by atoms with Crippen LogP contribution in [-0.2, 0) is 14.9 Å². The van der Waals surface area contributed by atoms with Crippen LogP contribution in [0.4, 0.5) is 0 Å². The van der Waals surface area contributed by atoms with Gasteiger partial charge >= 0.3 is 5.97 Å². The molecule has 0 bridgehead atoms. The lowest BCUT2D eigenvalue weighted by Gasteiger charge is -2.20. The number of hydrogen-bond acceptors (Lipinski definition) is 6. The van der Waals surface area contributed by atoms with Crippen LogP contribution in [0.5, 0.6) is 11.5 Å². The molecule has 0 radical (unpaired) electrons. The molecule has 1 atom stereocenters. The van der Waals surface area contributed by atoms with Gasteiger partial charge in [-0.3, -0.25) is 4.79 Å². The maximum absolute atomic E-state index is 12.5. The van der Waals surface area contributed by atoms with Gasteiger partial charge in [-0.15, -0.1) is 0 Å². The number of aromatic hydroxyl groups is 1. The van der Waals surface area contributed by atoms with Crippen molar-refractivity contribution in [1.82, 2.24) is 10.3 Å². The van der Waals surface area contributed by atoms with Gasteiger partial charge in [-0.1, -0.05) is 42.5 Å². The van der Waals surface area contributed by atoms with Gasteiger partial charge in [0.1, 0.15) is 12.6 Å². The molecular formula is C24H24N2O5. The van der Waals surface area contributed by atoms with E-state index in [1.165, 1.54) is 37.2 Å². The molecule has 0 saturated heterocycles. The number of rotatable bonds is 7. The zero-order valence-corrected chi connectivity index (χ0v) is 17.4. The molecule has 31 heavy (non-hydrogen) atoms. The summed E-state index contributed by atoms with van der Waals surface area (Å²) >= 11 is 0. The topological polar surface area (TPSA) is 97.8 Å². The monoisotopic (exact) mass is 420 g/mol. The highest BCUT2D eigenvalue weighted by atomic mass is 16.5. The number of methoxy groups -OCH3 is 1. The normalized spacial score (nSPS) is 15.2. The van der Waals surface area contributed by atoms with Crippen molar-refractivity contribution in [3.05, 3.63) is 66.0 Å². The molecule has 1 fully saturated rings. The van der Waals surface area contributed by atoms with Crippen LogP contribution >= 0.6 is 0 Å². The highest BCUT2D eigenvalue weighted by Crippen LogP contribution is 2.50. The van der Waals surface area contributed by atoms with Gasteiger partial charge in [0.2, 0.25) is 0 Å². The average molecular weight is 420 g/mol. The third-order valence-corrected chi connectivity index (χ3v) is 5.73. The third kappa shape index (κ3) is 4.03. The number of benzene rings is 2. The fourth-order valence-electron chi connectivity index (χ4n) is 3.76. The van der Waals surface area contributed by atoms with Gasteiger partial charge in [-0.05, 0) is 36.1 Å². The van der Waals surface area contributed by atoms with E-state index in [4.69, 9.17) is 9.47 Å². The van der Waals surface area contributed by atoms with E-state index in [0.29, 0.717) is 0 Å². The standard InChI is InChI=1S/C24H24N2O5/c1-15(26-22(28)20-21(27)19(30-2)10-13-25-20)23(29)31-14-24(11-12-24)18-9-5-7-16-6-3-4-8-17(16)18/h3-10,13,15,27H,11-12,14H2,1-2H3,(H,26,28). The molecule has 1 heterocycles. The van der Waals surface area contributed by atoms with Gasteiger partial charge in [0.05, 0.1) is 7.11 Å². The molecule has 1 unspecified atom stereocenters. The number of hydrogen-bond donors (Lipinski definition) is 2. The highest BCUT2D eigenvalue weighted by Gasteiger charge is 2.46. The summed E-state index contributed by atoms with van der Waals surface area (Å²) in [5, 5.41) is 14.9. The zero-order valence-electron chi connectivity index (χ0n) is 17.4. The van der Waals surface area contributed by atoms with Crippen LogP contribution in [0.1, 0.15) is 35.8 Å². The molecule has 0 spiro atoms. The molecule has 1 amide bonds. The van der Waals surface area contributed by atoms with Gasteiger partial charge in [-0.25, -0.2) is 9.78 Å². The fourth-order valence-corrected chi connectivity index (χ4v) is 3.76. The number of pyridine rings is 1. The smallest absolute Gasteiger partial charge is 0.328 e. The Morgan fingerprint density at radius 3 is 2.65 bits per heavy atom. The van der Waals surface area contributed by atoms with Crippen LogP contribution in [0.25, 0.3) is 10.8 Å². The summed E-state index contributed by atoms with van der Waals surface area (Å²) in [5.74, 6) is -1.48. The molecule has 2 aromatic carbocycles. The second-order valence-corrected chi connectivity index (χ2v) is 7.82. The van der Waals surface area contributed by atoms with Crippen molar-refractivity contribution >= 4 is 22.6 Å². The molecule has 7 heteroatoms. The van der Waals surface area contributed by atoms with Crippen LogP contribution in [0.2, 0.25) is 0 Å². The van der Waals surface area contributed by atoms with Gasteiger partial charge in [0.15, 0.2) is 17.2 Å². The van der Waals surface area contributed by atoms with Crippen LogP contribution in [0.15, 0.2) is 54.7 Å². The van der Waals surface area contributed by atoms with Crippen LogP contribution in [0.3, 0.4) is 0 Å². The van der Waals surface area contributed by atoms with Gasteiger partial charge in [0, 0.05) is 17.7 Å². The molecule has 1 aliphatic carbocycles. The number of nitrogens with zero attached hydrogens (tertiary/aromatic N) is 1. The molecule has 4 rings (SSSR count). The van der Waals surface area contributed by atoms with E-state index in [0.717, 1.165) is 18.2 Å². The Morgan fingerprint density at radius 1 is 1.16 bits per heavy atom. The summed E-state index contributed by atoms with van der Waals surface area (Å²) in [6, 6.07) is 14.9. The average Bonchev–Trinajstić information content (AvgIpc) is 3.58. The molecule has 0 aliphatic heterocycles. The Morgan fingerprint density at radius 2 is 1.90 bits per heavy atom. The van der Waals surface area contributed by atoms with Crippen LogP contribution < -0.4 is 10.1 Å². The summed E-state index contributed by atoms with van der Waals surface area (Å²) in [6.45, 7) is 1.79. The summed E-state index contributed by atoms with van der Waals surface area (Å²) in [4.78, 5) is 28.8. The van der Waals surface area contributed by atoms with Gasteiger partial charge in [0.25, 0.3) is 5.91 Å². The first kappa shape index (κ1) is 20.7. The van der Waals surface area contributed by atoms with E-state index in [1.54, 1.807) is 0 Å². The van der Waals surface area contributed by atoms with Crippen molar-refractivity contribution in [2.75, 3.05) is 13.7 Å². The number of ether oxygens (including phenoxy) is 2. The fraction of sp³-hybridized carbons (Fsp3) is 0.292. The molecule has 3 aromatic rings. The second kappa shape index (κ2) is 8.26. The number of amides is 1. The maximum Gasteiger partial charge on any atom is 0.328 e. The Labute approximate surface area is 180 Å². The minimum Gasteiger partial charge on any atom is -0.503 e. The minimum absolute atomic E-state index is 0.126. The molecule has 7 nitrogen and oxygen atoms in total. The second-order valence-electron chi connectivity index (χ2n) is 7.82. The zero-order chi connectivity index (χ0) is 22.0. The molecule has 160 valence electrons. The van der Waals surface area contributed by atoms with E-state index in [-0.39, 0.29) is 29.2 Å². The van der Waals surface area contributed by atoms with Crippen molar-refractivity contribution in [2.24, 2.45) is 0 Å². The Balaban J connectivity index is 1.41. The summed E-state index contributed by atoms with van der Waals surface area (Å²) in [6.07, 6.45) is 3.23. The lowest BCUT2D eigenvalue weighted by Crippen LogP contribution is -2.40. The number of carbonyl (C=O) groups is 2. The lowest BCUT2D eigenvalue weighted by atomic mass is 9.91. The lowest BCUT2D eigenvalue weighted by molar-refractivity contribution is -0.146. The third-order valence-electron chi connectivity index (χ3n) is 5.73. The Hall–Kier alpha value is -3.61. The highest BCUT2D eigenvalue weighted by molar-refractivity contribution is 5.97.